The SMILES string of the molecule is CN(CCO)C(C(=O)NC1CC1)c1ccccc1. The molecule has 1 amide bonds. The lowest BCUT2D eigenvalue weighted by atomic mass is 10.0. The van der Waals surface area contributed by atoms with Crippen LogP contribution in [-0.4, -0.2) is 42.2 Å². The smallest absolute Gasteiger partial charge is 0.242 e. The molecule has 1 aromatic carbocycles. The molecule has 0 spiro atoms. The van der Waals surface area contributed by atoms with Crippen LogP contribution in [0.5, 0.6) is 0 Å². The van der Waals surface area contributed by atoms with Crippen molar-refractivity contribution in [2.24, 2.45) is 0 Å². The van der Waals surface area contributed by atoms with Gasteiger partial charge in [-0.1, -0.05) is 30.3 Å². The van der Waals surface area contributed by atoms with Crippen LogP contribution in [0.1, 0.15) is 24.4 Å². The number of hydrogen-bond donors (Lipinski definition) is 2. The van der Waals surface area contributed by atoms with E-state index in [9.17, 15) is 4.79 Å². The first-order chi connectivity index (χ1) is 8.72. The minimum atomic E-state index is -0.320. The molecule has 98 valence electrons. The van der Waals surface area contributed by atoms with E-state index in [1.807, 2.05) is 42.3 Å². The molecule has 1 aromatic rings. The normalized spacial score (nSPS) is 16.6. The van der Waals surface area contributed by atoms with Gasteiger partial charge in [0.05, 0.1) is 6.61 Å². The van der Waals surface area contributed by atoms with Crippen LogP contribution in [0.4, 0.5) is 0 Å². The lowest BCUT2D eigenvalue weighted by Gasteiger charge is -2.26. The predicted molar refractivity (Wildman–Crippen MR) is 70.1 cm³/mol. The van der Waals surface area contributed by atoms with Crippen molar-refractivity contribution in [2.75, 3.05) is 20.2 Å². The summed E-state index contributed by atoms with van der Waals surface area (Å²) in [5, 5.41) is 12.1. The Morgan fingerprint density at radius 1 is 1.44 bits per heavy atom. The fraction of sp³-hybridized carbons (Fsp3) is 0.500. The van der Waals surface area contributed by atoms with Crippen molar-refractivity contribution < 1.29 is 9.90 Å². The van der Waals surface area contributed by atoms with Gasteiger partial charge < -0.3 is 10.4 Å². The quantitative estimate of drug-likeness (QED) is 0.787. The lowest BCUT2D eigenvalue weighted by Crippen LogP contribution is -2.40. The fourth-order valence-electron chi connectivity index (χ4n) is 2.04. The number of carbonyl (C=O) groups is 1. The Morgan fingerprint density at radius 3 is 2.67 bits per heavy atom. The Labute approximate surface area is 108 Å². The van der Waals surface area contributed by atoms with Crippen molar-refractivity contribution in [2.45, 2.75) is 24.9 Å². The molecule has 0 radical (unpaired) electrons. The molecule has 0 bridgehead atoms. The van der Waals surface area contributed by atoms with Crippen LogP contribution in [0.25, 0.3) is 0 Å². The maximum Gasteiger partial charge on any atom is 0.242 e. The number of hydrogen-bond acceptors (Lipinski definition) is 3. The van der Waals surface area contributed by atoms with Gasteiger partial charge >= 0.3 is 0 Å². The number of aliphatic hydroxyl groups is 1. The molecule has 2 N–H and O–H groups in total. The molecule has 1 aliphatic rings. The van der Waals surface area contributed by atoms with Gasteiger partial charge in [-0.25, -0.2) is 0 Å². The molecule has 4 heteroatoms. The van der Waals surface area contributed by atoms with Gasteiger partial charge in [-0.15, -0.1) is 0 Å². The summed E-state index contributed by atoms with van der Waals surface area (Å²) in [5.74, 6) is 0.0275. The first-order valence-corrected chi connectivity index (χ1v) is 6.39. The molecule has 0 heterocycles. The third-order valence-corrected chi connectivity index (χ3v) is 3.18. The molecule has 18 heavy (non-hydrogen) atoms. The number of carbonyl (C=O) groups excluding carboxylic acids is 1. The molecule has 0 aliphatic heterocycles. The van der Waals surface area contributed by atoms with Gasteiger partial charge in [0, 0.05) is 12.6 Å². The summed E-state index contributed by atoms with van der Waals surface area (Å²) < 4.78 is 0. The first kappa shape index (κ1) is 13.1. The number of likely N-dealkylation sites (N-methyl/N-ethyl adjacent to an activating group) is 1. The van der Waals surface area contributed by atoms with E-state index in [0.717, 1.165) is 18.4 Å². The molecule has 0 saturated heterocycles. The highest BCUT2D eigenvalue weighted by Crippen LogP contribution is 2.23. The zero-order chi connectivity index (χ0) is 13.0. The highest BCUT2D eigenvalue weighted by molar-refractivity contribution is 5.83. The number of aliphatic hydroxyl groups excluding tert-OH is 1. The van der Waals surface area contributed by atoms with Crippen LogP contribution in [0.2, 0.25) is 0 Å². The lowest BCUT2D eigenvalue weighted by molar-refractivity contribution is -0.126. The Bertz CT molecular complexity index is 390. The molecule has 0 aromatic heterocycles. The summed E-state index contributed by atoms with van der Waals surface area (Å²) in [6.45, 7) is 0.536. The average Bonchev–Trinajstić information content (AvgIpc) is 3.15. The zero-order valence-electron chi connectivity index (χ0n) is 10.7. The zero-order valence-corrected chi connectivity index (χ0v) is 10.7. The fourth-order valence-corrected chi connectivity index (χ4v) is 2.04. The van der Waals surface area contributed by atoms with Gasteiger partial charge in [0.15, 0.2) is 0 Å². The number of nitrogens with zero attached hydrogens (tertiary/aromatic N) is 1. The molecule has 4 nitrogen and oxygen atoms in total. The minimum Gasteiger partial charge on any atom is -0.395 e. The molecule has 1 unspecified atom stereocenters. The van der Waals surface area contributed by atoms with Gasteiger partial charge in [0.25, 0.3) is 0 Å². The van der Waals surface area contributed by atoms with E-state index in [4.69, 9.17) is 5.11 Å². The van der Waals surface area contributed by atoms with Crippen LogP contribution in [-0.2, 0) is 4.79 Å². The largest absolute Gasteiger partial charge is 0.395 e. The summed E-state index contributed by atoms with van der Waals surface area (Å²) in [5.41, 5.74) is 0.964. The van der Waals surface area contributed by atoms with E-state index < -0.39 is 0 Å². The van der Waals surface area contributed by atoms with Crippen LogP contribution in [0.15, 0.2) is 30.3 Å². The summed E-state index contributed by atoms with van der Waals surface area (Å²) in [6, 6.07) is 9.73. The van der Waals surface area contributed by atoms with Gasteiger partial charge in [-0.05, 0) is 25.5 Å². The number of nitrogens with one attached hydrogen (secondary N) is 1. The van der Waals surface area contributed by atoms with E-state index in [1.165, 1.54) is 0 Å². The summed E-state index contributed by atoms with van der Waals surface area (Å²) in [4.78, 5) is 14.2. The van der Waals surface area contributed by atoms with Gasteiger partial charge in [0.2, 0.25) is 5.91 Å². The Morgan fingerprint density at radius 2 is 2.11 bits per heavy atom. The predicted octanol–water partition coefficient (Wildman–Crippen LogP) is 0.930. The summed E-state index contributed by atoms with van der Waals surface area (Å²) >= 11 is 0. The van der Waals surface area contributed by atoms with Crippen molar-refractivity contribution in [1.82, 2.24) is 10.2 Å². The van der Waals surface area contributed by atoms with Gasteiger partial charge in [0.1, 0.15) is 6.04 Å². The molecule has 1 atom stereocenters. The van der Waals surface area contributed by atoms with E-state index in [0.29, 0.717) is 12.6 Å². The van der Waals surface area contributed by atoms with Crippen molar-refractivity contribution in [3.63, 3.8) is 0 Å². The average molecular weight is 248 g/mol. The maximum atomic E-state index is 12.3. The second-order valence-corrected chi connectivity index (χ2v) is 4.80. The topological polar surface area (TPSA) is 52.6 Å². The maximum absolute atomic E-state index is 12.3. The van der Waals surface area contributed by atoms with E-state index in [2.05, 4.69) is 5.32 Å². The second-order valence-electron chi connectivity index (χ2n) is 4.80. The van der Waals surface area contributed by atoms with Crippen molar-refractivity contribution >= 4 is 5.91 Å². The summed E-state index contributed by atoms with van der Waals surface area (Å²) in [7, 11) is 1.86. The molecule has 1 aliphatic carbocycles. The first-order valence-electron chi connectivity index (χ1n) is 6.39. The number of benzene rings is 1. The van der Waals surface area contributed by atoms with Gasteiger partial charge in [-0.3, -0.25) is 9.69 Å². The van der Waals surface area contributed by atoms with E-state index >= 15 is 0 Å². The van der Waals surface area contributed by atoms with Crippen molar-refractivity contribution in [3.8, 4) is 0 Å². The number of rotatable bonds is 6. The molecule has 1 saturated carbocycles. The summed E-state index contributed by atoms with van der Waals surface area (Å²) in [6.07, 6.45) is 2.16. The van der Waals surface area contributed by atoms with Crippen LogP contribution in [0.3, 0.4) is 0 Å². The third-order valence-electron chi connectivity index (χ3n) is 3.18. The Hall–Kier alpha value is -1.39. The Kier molecular flexibility index (Phi) is 4.33. The standard InChI is InChI=1S/C14H20N2O2/c1-16(9-10-17)13(11-5-3-2-4-6-11)14(18)15-12-7-8-12/h2-6,12-13,17H,7-10H2,1H3,(H,15,18). The second kappa shape index (κ2) is 5.98. The van der Waals surface area contributed by atoms with E-state index in [-0.39, 0.29) is 18.6 Å². The van der Waals surface area contributed by atoms with Gasteiger partial charge in [-0.2, -0.15) is 0 Å². The monoisotopic (exact) mass is 248 g/mol. The van der Waals surface area contributed by atoms with Crippen molar-refractivity contribution in [3.05, 3.63) is 35.9 Å². The highest BCUT2D eigenvalue weighted by atomic mass is 16.3. The third kappa shape index (κ3) is 3.31. The minimum absolute atomic E-state index is 0.0275. The molecular formula is C14H20N2O2. The van der Waals surface area contributed by atoms with Crippen LogP contribution >= 0.6 is 0 Å². The highest BCUT2D eigenvalue weighted by Gasteiger charge is 2.30. The van der Waals surface area contributed by atoms with E-state index in [1.54, 1.807) is 0 Å². The van der Waals surface area contributed by atoms with Crippen LogP contribution in [0, 0.1) is 0 Å². The van der Waals surface area contributed by atoms with Crippen LogP contribution < -0.4 is 5.32 Å². The molecule has 1 fully saturated rings. The van der Waals surface area contributed by atoms with Crippen molar-refractivity contribution in [1.29, 1.82) is 0 Å². The molecular weight excluding hydrogens is 228 g/mol. The number of amides is 1. The molecule has 2 rings (SSSR count). The Balaban J connectivity index is 2.13.